The van der Waals surface area contributed by atoms with E-state index in [2.05, 4.69) is 21.2 Å². The number of carbonyl (C=O) groups excluding carboxylic acids is 2. The van der Waals surface area contributed by atoms with Gasteiger partial charge in [-0.1, -0.05) is 71.8 Å². The molecule has 0 fully saturated rings. The van der Waals surface area contributed by atoms with Crippen LogP contribution in [0.2, 0.25) is 5.02 Å². The Kier molecular flexibility index (Phi) is 11.8. The van der Waals surface area contributed by atoms with Crippen LogP contribution in [0.3, 0.4) is 0 Å². The fraction of sp³-hybridized carbons (Fsp3) is 0.278. The van der Waals surface area contributed by atoms with Crippen LogP contribution in [0.5, 0.6) is 5.75 Å². The number of hydrogen-bond donors (Lipinski definition) is 1. The summed E-state index contributed by atoms with van der Waals surface area (Å²) in [4.78, 5) is 30.0. The second kappa shape index (κ2) is 15.4. The molecule has 0 bridgehead atoms. The molecule has 1 atom stereocenters. The van der Waals surface area contributed by atoms with Gasteiger partial charge in [0.2, 0.25) is 11.8 Å². The van der Waals surface area contributed by atoms with Crippen LogP contribution in [0.15, 0.2) is 106 Å². The maximum Gasteiger partial charge on any atom is 0.264 e. The number of ether oxygens (including phenoxy) is 1. The normalized spacial score (nSPS) is 12.2. The largest absolute Gasteiger partial charge is 0.496 e. The van der Waals surface area contributed by atoms with Gasteiger partial charge in [-0.2, -0.15) is 0 Å². The van der Waals surface area contributed by atoms with Gasteiger partial charge in [-0.15, -0.1) is 0 Å². The van der Waals surface area contributed by atoms with Crippen molar-refractivity contribution in [2.24, 2.45) is 0 Å². The molecule has 0 aromatic heterocycles. The molecule has 0 heterocycles. The third-order valence-electron chi connectivity index (χ3n) is 7.32. The Morgan fingerprint density at radius 3 is 2.17 bits per heavy atom. The van der Waals surface area contributed by atoms with Crippen LogP contribution in [0.1, 0.15) is 37.5 Å². The van der Waals surface area contributed by atoms with Crippen molar-refractivity contribution in [3.8, 4) is 5.75 Å². The summed E-state index contributed by atoms with van der Waals surface area (Å²) in [7, 11) is -2.79. The third kappa shape index (κ3) is 9.59. The molecule has 4 aromatic carbocycles. The molecule has 11 heteroatoms. The molecule has 4 rings (SSSR count). The lowest BCUT2D eigenvalue weighted by atomic mass is 10.0. The van der Waals surface area contributed by atoms with Gasteiger partial charge >= 0.3 is 0 Å². The van der Waals surface area contributed by atoms with Crippen LogP contribution in [0.25, 0.3) is 0 Å². The molecule has 0 aliphatic carbocycles. The van der Waals surface area contributed by atoms with Crippen molar-refractivity contribution in [2.75, 3.05) is 18.0 Å². The number of anilines is 1. The smallest absolute Gasteiger partial charge is 0.264 e. The summed E-state index contributed by atoms with van der Waals surface area (Å²) in [6.45, 7) is 6.95. The second-order valence-electron chi connectivity index (χ2n) is 12.2. The van der Waals surface area contributed by atoms with E-state index in [1.165, 1.54) is 24.1 Å². The summed E-state index contributed by atoms with van der Waals surface area (Å²) in [6, 6.07) is 26.8. The first kappa shape index (κ1) is 36.0. The number of rotatable bonds is 12. The number of nitrogens with one attached hydrogen (secondary N) is 1. The summed E-state index contributed by atoms with van der Waals surface area (Å²) in [5, 5.41) is 3.50. The first-order chi connectivity index (χ1) is 22.2. The summed E-state index contributed by atoms with van der Waals surface area (Å²) in [6.07, 6.45) is 0.206. The summed E-state index contributed by atoms with van der Waals surface area (Å²) in [5.41, 5.74) is 2.18. The van der Waals surface area contributed by atoms with E-state index in [1.807, 2.05) is 64.1 Å². The molecule has 0 aliphatic heterocycles. The average molecular weight is 741 g/mol. The number of methoxy groups -OCH3 is 1. The van der Waals surface area contributed by atoms with Crippen LogP contribution >= 0.6 is 27.5 Å². The molecule has 0 aliphatic rings. The van der Waals surface area contributed by atoms with E-state index in [9.17, 15) is 18.0 Å². The number of aryl methyl sites for hydroxylation is 1. The molecule has 0 spiro atoms. The Morgan fingerprint density at radius 1 is 0.915 bits per heavy atom. The van der Waals surface area contributed by atoms with Crippen molar-refractivity contribution >= 4 is 55.1 Å². The first-order valence-electron chi connectivity index (χ1n) is 15.0. The van der Waals surface area contributed by atoms with Crippen LogP contribution in [0, 0.1) is 6.92 Å². The molecule has 248 valence electrons. The van der Waals surface area contributed by atoms with E-state index in [4.69, 9.17) is 16.3 Å². The van der Waals surface area contributed by atoms with E-state index in [0.717, 1.165) is 15.4 Å². The number of benzene rings is 4. The zero-order chi connectivity index (χ0) is 34.4. The van der Waals surface area contributed by atoms with Crippen molar-refractivity contribution in [1.82, 2.24) is 10.2 Å². The quantitative estimate of drug-likeness (QED) is 0.166. The number of carbonyl (C=O) groups is 2. The van der Waals surface area contributed by atoms with E-state index in [0.29, 0.717) is 26.5 Å². The van der Waals surface area contributed by atoms with Gasteiger partial charge in [0.05, 0.1) is 22.2 Å². The minimum absolute atomic E-state index is 0.0182. The van der Waals surface area contributed by atoms with Crippen molar-refractivity contribution in [3.63, 3.8) is 0 Å². The van der Waals surface area contributed by atoms with Gasteiger partial charge in [0.1, 0.15) is 18.3 Å². The predicted octanol–water partition coefficient (Wildman–Crippen LogP) is 7.17. The van der Waals surface area contributed by atoms with Crippen LogP contribution in [-0.4, -0.2) is 50.4 Å². The molecular weight excluding hydrogens is 702 g/mol. The lowest BCUT2D eigenvalue weighted by Crippen LogP contribution is -2.56. The van der Waals surface area contributed by atoms with Gasteiger partial charge in [-0.3, -0.25) is 13.9 Å². The van der Waals surface area contributed by atoms with E-state index >= 15 is 0 Å². The second-order valence-corrected chi connectivity index (χ2v) is 15.4. The monoisotopic (exact) mass is 739 g/mol. The minimum atomic E-state index is -4.28. The highest BCUT2D eigenvalue weighted by atomic mass is 79.9. The third-order valence-corrected chi connectivity index (χ3v) is 9.95. The van der Waals surface area contributed by atoms with Gasteiger partial charge in [0.25, 0.3) is 10.0 Å². The summed E-state index contributed by atoms with van der Waals surface area (Å²) in [5.74, 6) is -0.463. The Balaban J connectivity index is 1.83. The Morgan fingerprint density at radius 2 is 1.57 bits per heavy atom. The lowest BCUT2D eigenvalue weighted by molar-refractivity contribution is -0.140. The molecule has 1 N–H and O–H groups in total. The minimum Gasteiger partial charge on any atom is -0.496 e. The molecule has 47 heavy (non-hydrogen) atoms. The standard InChI is InChI=1S/C36H39BrClN3O5S/c1-25-14-16-29(17-15-25)41(47(44,45)30-18-19-33(46-5)31(37)22-30)24-34(42)40(23-27-12-9-13-28(38)20-27)32(35(43)39-36(2,3)4)21-26-10-7-6-8-11-26/h6-20,22,32H,21,23-24H2,1-5H3,(H,39,43). The molecular formula is C36H39BrClN3O5S. The highest BCUT2D eigenvalue weighted by Gasteiger charge is 2.36. The fourth-order valence-corrected chi connectivity index (χ4v) is 7.36. The average Bonchev–Trinajstić information content (AvgIpc) is 3.01. The number of sulfonamides is 1. The molecule has 8 nitrogen and oxygen atoms in total. The Hall–Kier alpha value is -3.86. The van der Waals surface area contributed by atoms with Gasteiger partial charge < -0.3 is 15.0 Å². The Labute approximate surface area is 290 Å². The zero-order valence-electron chi connectivity index (χ0n) is 27.0. The molecule has 1 unspecified atom stereocenters. The van der Waals surface area contributed by atoms with Crippen molar-refractivity contribution in [3.05, 3.63) is 123 Å². The highest BCUT2D eigenvalue weighted by Crippen LogP contribution is 2.31. The molecule has 0 saturated heterocycles. The van der Waals surface area contributed by atoms with E-state index in [1.54, 1.807) is 48.5 Å². The number of halogens is 2. The molecule has 2 amide bonds. The maximum absolute atomic E-state index is 14.6. The van der Waals surface area contributed by atoms with Gasteiger partial charge in [-0.05, 0) is 97.2 Å². The molecule has 0 radical (unpaired) electrons. The zero-order valence-corrected chi connectivity index (χ0v) is 30.2. The van der Waals surface area contributed by atoms with E-state index in [-0.39, 0.29) is 23.8 Å². The topological polar surface area (TPSA) is 96.0 Å². The van der Waals surface area contributed by atoms with Crippen LogP contribution < -0.4 is 14.4 Å². The lowest BCUT2D eigenvalue weighted by Gasteiger charge is -2.35. The number of hydrogen-bond acceptors (Lipinski definition) is 5. The van der Waals surface area contributed by atoms with Crippen molar-refractivity contribution < 1.29 is 22.7 Å². The van der Waals surface area contributed by atoms with Gasteiger partial charge in [-0.25, -0.2) is 8.42 Å². The van der Waals surface area contributed by atoms with Crippen molar-refractivity contribution in [1.29, 1.82) is 0 Å². The van der Waals surface area contributed by atoms with Crippen LogP contribution in [0.4, 0.5) is 5.69 Å². The maximum atomic E-state index is 14.6. The van der Waals surface area contributed by atoms with Gasteiger partial charge in [0, 0.05) is 23.5 Å². The number of nitrogens with zero attached hydrogens (tertiary/aromatic N) is 2. The Bertz CT molecular complexity index is 1810. The fourth-order valence-electron chi connectivity index (χ4n) is 5.01. The highest BCUT2D eigenvalue weighted by molar-refractivity contribution is 9.10. The molecule has 0 saturated carbocycles. The summed E-state index contributed by atoms with van der Waals surface area (Å²) >= 11 is 9.71. The first-order valence-corrected chi connectivity index (χ1v) is 17.6. The SMILES string of the molecule is COc1ccc(S(=O)(=O)N(CC(=O)N(Cc2cccc(Cl)c2)C(Cc2ccccc2)C(=O)NC(C)(C)C)c2ccc(C)cc2)cc1Br. The van der Waals surface area contributed by atoms with Crippen molar-refractivity contribution in [2.45, 2.75) is 57.1 Å². The summed E-state index contributed by atoms with van der Waals surface area (Å²) < 4.78 is 35.4. The van der Waals surface area contributed by atoms with Crippen LogP contribution in [-0.2, 0) is 32.6 Å². The predicted molar refractivity (Wildman–Crippen MR) is 190 cm³/mol. The number of amides is 2. The van der Waals surface area contributed by atoms with E-state index < -0.39 is 34.1 Å². The molecule has 4 aromatic rings. The van der Waals surface area contributed by atoms with Gasteiger partial charge in [0.15, 0.2) is 0 Å².